The number of rotatable bonds is 18. The van der Waals surface area contributed by atoms with E-state index < -0.39 is 36.5 Å². The molecule has 0 amide bonds. The molecular formula is C53H51NO7. The summed E-state index contributed by atoms with van der Waals surface area (Å²) < 4.78 is 37.2. The summed E-state index contributed by atoms with van der Waals surface area (Å²) in [6, 6.07) is 55.0. The molecule has 1 saturated heterocycles. The van der Waals surface area contributed by atoms with Gasteiger partial charge in [0.25, 0.3) is 0 Å². The minimum Gasteiger partial charge on any atom is -0.478 e. The molecule has 8 nitrogen and oxygen atoms in total. The van der Waals surface area contributed by atoms with Crippen LogP contribution in [0.25, 0.3) is 17.0 Å². The zero-order chi connectivity index (χ0) is 41.8. The van der Waals surface area contributed by atoms with Gasteiger partial charge in [0.15, 0.2) is 0 Å². The molecule has 0 bridgehead atoms. The third-order valence-electron chi connectivity index (χ3n) is 11.1. The molecule has 1 aliphatic rings. The summed E-state index contributed by atoms with van der Waals surface area (Å²) in [7, 11) is 0. The molecule has 0 saturated carbocycles. The topological polar surface area (TPSA) is 88.4 Å². The molecule has 1 aromatic heterocycles. The Hall–Kier alpha value is -6.13. The lowest BCUT2D eigenvalue weighted by Crippen LogP contribution is -2.58. The Balaban J connectivity index is 1.20. The van der Waals surface area contributed by atoms with E-state index in [1.807, 2.05) is 97.1 Å². The molecule has 6 aromatic carbocycles. The maximum Gasteiger partial charge on any atom is 0.328 e. The minimum atomic E-state index is -0.978. The van der Waals surface area contributed by atoms with E-state index >= 15 is 0 Å². The molecule has 0 radical (unpaired) electrons. The lowest BCUT2D eigenvalue weighted by Gasteiger charge is -2.46. The maximum absolute atomic E-state index is 11.1. The number of para-hydroxylation sites is 1. The molecule has 5 atom stereocenters. The molecule has 0 aliphatic carbocycles. The number of hydrogen-bond donors (Lipinski definition) is 1. The largest absolute Gasteiger partial charge is 0.478 e. The van der Waals surface area contributed by atoms with Crippen molar-refractivity contribution in [3.05, 3.63) is 221 Å². The van der Waals surface area contributed by atoms with Gasteiger partial charge in [-0.25, -0.2) is 4.79 Å². The van der Waals surface area contributed by atoms with Gasteiger partial charge in [0.1, 0.15) is 30.5 Å². The van der Waals surface area contributed by atoms with Crippen LogP contribution in [0.3, 0.4) is 0 Å². The number of carbonyl (C=O) groups is 1. The lowest BCUT2D eigenvalue weighted by molar-refractivity contribution is -0.274. The number of benzene rings is 6. The fourth-order valence-electron chi connectivity index (χ4n) is 8.06. The van der Waals surface area contributed by atoms with E-state index in [9.17, 15) is 4.79 Å². The van der Waals surface area contributed by atoms with Crippen LogP contribution in [0.2, 0.25) is 0 Å². The number of aryl methyl sites for hydroxylation is 1. The average Bonchev–Trinajstić information content (AvgIpc) is 3.67. The molecule has 61 heavy (non-hydrogen) atoms. The number of hydrogen-bond acceptors (Lipinski definition) is 6. The third-order valence-corrected chi connectivity index (χ3v) is 11.1. The van der Waals surface area contributed by atoms with Crippen LogP contribution in [0.1, 0.15) is 50.6 Å². The number of nitrogens with zero attached hydrogens (tertiary/aromatic N) is 1. The SMILES string of the molecule is Cc1cccc2c([C@@H]3O[C@H](COCc4ccccc4)[C@@H](OCc4ccccc4)[C@H](OCc4ccccc4)[C@H]3OCc3ccccc3)cn(Cc3ccc(C=CC(=O)O)cc3)c12. The Kier molecular flexibility index (Phi) is 13.9. The first-order chi connectivity index (χ1) is 30.0. The van der Waals surface area contributed by atoms with Gasteiger partial charge in [0, 0.05) is 29.8 Å². The van der Waals surface area contributed by atoms with Crippen LogP contribution < -0.4 is 0 Å². The van der Waals surface area contributed by atoms with Crippen molar-refractivity contribution >= 4 is 22.9 Å². The second-order valence-electron chi connectivity index (χ2n) is 15.5. The highest BCUT2D eigenvalue weighted by atomic mass is 16.6. The Morgan fingerprint density at radius 2 is 1.13 bits per heavy atom. The number of aliphatic carboxylic acids is 1. The summed E-state index contributed by atoms with van der Waals surface area (Å²) in [4.78, 5) is 11.1. The molecule has 1 aliphatic heterocycles. The summed E-state index contributed by atoms with van der Waals surface area (Å²) in [6.07, 6.45) is 2.15. The zero-order valence-corrected chi connectivity index (χ0v) is 34.3. The number of aromatic nitrogens is 1. The highest BCUT2D eigenvalue weighted by Gasteiger charge is 2.49. The van der Waals surface area contributed by atoms with Gasteiger partial charge in [-0.1, -0.05) is 164 Å². The quantitative estimate of drug-likeness (QED) is 0.0863. The maximum atomic E-state index is 11.1. The van der Waals surface area contributed by atoms with Crippen molar-refractivity contribution in [3.63, 3.8) is 0 Å². The van der Waals surface area contributed by atoms with Gasteiger partial charge >= 0.3 is 5.97 Å². The first kappa shape index (κ1) is 41.6. The standard InChI is InChI=1S/C53H51NO7/c1-38-15-14-24-45-46(32-54(49(38)45)31-40-27-25-39(26-28-40)29-30-48(55)56)50-52(59-35-43-20-10-4-11-21-43)53(60-36-44-22-12-5-13-23-44)51(58-34-42-18-8-3-9-19-42)47(61-50)37-57-33-41-16-6-2-7-17-41/h2-30,32,47,50-53H,31,33-37H2,1H3,(H,55,56)/t47-,50+,51-,52+,53+/m1/s1. The fourth-order valence-corrected chi connectivity index (χ4v) is 8.06. The third kappa shape index (κ3) is 10.8. The van der Waals surface area contributed by atoms with E-state index in [1.54, 1.807) is 6.08 Å². The van der Waals surface area contributed by atoms with Crippen LogP contribution in [-0.4, -0.2) is 46.7 Å². The molecule has 1 N–H and O–H groups in total. The summed E-state index contributed by atoms with van der Waals surface area (Å²) in [5.41, 5.74) is 9.31. The van der Waals surface area contributed by atoms with Crippen molar-refractivity contribution in [2.24, 2.45) is 0 Å². The predicted octanol–water partition coefficient (Wildman–Crippen LogP) is 10.5. The number of carboxylic acids is 1. The second kappa shape index (κ2) is 20.4. The van der Waals surface area contributed by atoms with Crippen molar-refractivity contribution in [1.82, 2.24) is 4.57 Å². The molecule has 7 aromatic rings. The Labute approximate surface area is 357 Å². The monoisotopic (exact) mass is 813 g/mol. The molecule has 8 heteroatoms. The van der Waals surface area contributed by atoms with Crippen molar-refractivity contribution in [2.45, 2.75) is 70.4 Å². The summed E-state index contributed by atoms with van der Waals surface area (Å²) >= 11 is 0. The normalized spacial score (nSPS) is 19.1. The van der Waals surface area contributed by atoms with Gasteiger partial charge in [0.05, 0.1) is 38.6 Å². The Morgan fingerprint density at radius 3 is 1.69 bits per heavy atom. The zero-order valence-electron chi connectivity index (χ0n) is 34.3. The van der Waals surface area contributed by atoms with Gasteiger partial charge in [-0.05, 0) is 51.9 Å². The van der Waals surface area contributed by atoms with E-state index in [4.69, 9.17) is 28.8 Å². The van der Waals surface area contributed by atoms with E-state index in [-0.39, 0.29) is 6.61 Å². The van der Waals surface area contributed by atoms with Crippen LogP contribution in [0, 0.1) is 6.92 Å². The van der Waals surface area contributed by atoms with E-state index in [1.165, 1.54) is 0 Å². The smallest absolute Gasteiger partial charge is 0.328 e. The highest BCUT2D eigenvalue weighted by Crippen LogP contribution is 2.42. The highest BCUT2D eigenvalue weighted by molar-refractivity contribution is 5.87. The summed E-state index contributed by atoms with van der Waals surface area (Å²) in [5, 5.41) is 10.2. The summed E-state index contributed by atoms with van der Waals surface area (Å²) in [5.74, 6) is -0.978. The molecule has 2 heterocycles. The van der Waals surface area contributed by atoms with Crippen molar-refractivity contribution in [2.75, 3.05) is 6.61 Å². The Bertz CT molecular complexity index is 2470. The molecule has 0 unspecified atom stereocenters. The average molecular weight is 814 g/mol. The van der Waals surface area contributed by atoms with Gasteiger partial charge in [-0.2, -0.15) is 0 Å². The predicted molar refractivity (Wildman–Crippen MR) is 238 cm³/mol. The van der Waals surface area contributed by atoms with Crippen LogP contribution in [0.15, 0.2) is 176 Å². The first-order valence-corrected chi connectivity index (χ1v) is 20.8. The number of carboxylic acid groups (broad SMARTS) is 1. The van der Waals surface area contributed by atoms with Crippen LogP contribution in [0.4, 0.5) is 0 Å². The van der Waals surface area contributed by atoms with Crippen molar-refractivity contribution in [3.8, 4) is 0 Å². The summed E-state index contributed by atoms with van der Waals surface area (Å²) in [6.45, 7) is 4.46. The molecular weight excluding hydrogens is 763 g/mol. The number of ether oxygens (including phenoxy) is 5. The molecule has 1 fully saturated rings. The lowest BCUT2D eigenvalue weighted by atomic mass is 9.90. The van der Waals surface area contributed by atoms with E-state index in [0.717, 1.165) is 61.5 Å². The van der Waals surface area contributed by atoms with Crippen LogP contribution in [-0.2, 0) is 61.5 Å². The van der Waals surface area contributed by atoms with Crippen LogP contribution in [0.5, 0.6) is 0 Å². The van der Waals surface area contributed by atoms with Crippen LogP contribution >= 0.6 is 0 Å². The van der Waals surface area contributed by atoms with Gasteiger partial charge in [-0.3, -0.25) is 0 Å². The van der Waals surface area contributed by atoms with Crippen molar-refractivity contribution in [1.29, 1.82) is 0 Å². The first-order valence-electron chi connectivity index (χ1n) is 20.8. The Morgan fingerprint density at radius 1 is 0.607 bits per heavy atom. The van der Waals surface area contributed by atoms with Crippen molar-refractivity contribution < 1.29 is 33.6 Å². The minimum absolute atomic E-state index is 0.266. The second-order valence-corrected chi connectivity index (χ2v) is 15.5. The molecule has 0 spiro atoms. The molecule has 310 valence electrons. The van der Waals surface area contributed by atoms with Gasteiger partial charge in [0.2, 0.25) is 0 Å². The van der Waals surface area contributed by atoms with Gasteiger partial charge < -0.3 is 33.4 Å². The van der Waals surface area contributed by atoms with Gasteiger partial charge in [-0.15, -0.1) is 0 Å². The number of fused-ring (bicyclic) bond motifs is 1. The van der Waals surface area contributed by atoms with E-state index in [2.05, 4.69) is 84.4 Å². The molecule has 8 rings (SSSR count). The fraction of sp³-hybridized carbons (Fsp3) is 0.226. The van der Waals surface area contributed by atoms with E-state index in [0.29, 0.717) is 33.0 Å².